The molecule has 0 amide bonds. The van der Waals surface area contributed by atoms with Crippen LogP contribution in [0.4, 0.5) is 0 Å². The number of aromatic nitrogens is 2. The van der Waals surface area contributed by atoms with Crippen molar-refractivity contribution >= 4 is 33.3 Å². The van der Waals surface area contributed by atoms with E-state index in [0.717, 1.165) is 23.2 Å². The van der Waals surface area contributed by atoms with Crippen LogP contribution in [-0.4, -0.2) is 14.8 Å². The van der Waals surface area contributed by atoms with Gasteiger partial charge in [0, 0.05) is 16.7 Å². The maximum Gasteiger partial charge on any atom is 0.271 e. The Bertz CT molecular complexity index is 812. The highest BCUT2D eigenvalue weighted by Gasteiger charge is 2.22. The normalized spacial score (nSPS) is 17.5. The Hall–Kier alpha value is -1.59. The number of nitrogens with zero attached hydrogens (tertiary/aromatic N) is 2. The molecule has 3 nitrogen and oxygen atoms in total. The van der Waals surface area contributed by atoms with Crippen molar-refractivity contribution in [3.63, 3.8) is 0 Å². The maximum atomic E-state index is 12.4. The summed E-state index contributed by atoms with van der Waals surface area (Å²) >= 11 is 3.33. The van der Waals surface area contributed by atoms with Crippen molar-refractivity contribution in [3.05, 3.63) is 58.0 Å². The van der Waals surface area contributed by atoms with Crippen LogP contribution in [0.1, 0.15) is 5.56 Å². The summed E-state index contributed by atoms with van der Waals surface area (Å²) in [5, 5.41) is 2.34. The molecule has 0 radical (unpaired) electrons. The Morgan fingerprint density at radius 1 is 1.30 bits per heavy atom. The average molecular weight is 300 g/mol. The number of hydrogen-bond acceptors (Lipinski definition) is 4. The van der Waals surface area contributed by atoms with E-state index in [1.165, 1.54) is 21.8 Å². The molecule has 20 heavy (non-hydrogen) atoms. The third-order valence-electron chi connectivity index (χ3n) is 3.55. The van der Waals surface area contributed by atoms with Crippen molar-refractivity contribution in [2.24, 2.45) is 0 Å². The maximum absolute atomic E-state index is 12.4. The molecule has 0 fully saturated rings. The van der Waals surface area contributed by atoms with E-state index in [1.54, 1.807) is 10.9 Å². The first-order chi connectivity index (χ1) is 9.81. The molecule has 1 atom stereocenters. The second-order valence-electron chi connectivity index (χ2n) is 4.89. The Labute approximate surface area is 124 Å². The van der Waals surface area contributed by atoms with Crippen LogP contribution >= 0.6 is 23.1 Å². The number of hydrogen-bond donors (Lipinski definition) is 0. The highest BCUT2D eigenvalue weighted by molar-refractivity contribution is 8.00. The summed E-state index contributed by atoms with van der Waals surface area (Å²) in [6, 6.07) is 10.4. The molecule has 0 saturated heterocycles. The number of fused-ring (bicyclic) bond motifs is 2. The van der Waals surface area contributed by atoms with Crippen molar-refractivity contribution in [2.45, 2.75) is 23.1 Å². The summed E-state index contributed by atoms with van der Waals surface area (Å²) in [7, 11) is 0. The molecule has 0 spiro atoms. The van der Waals surface area contributed by atoms with Crippen LogP contribution in [0.2, 0.25) is 0 Å². The van der Waals surface area contributed by atoms with Crippen LogP contribution in [0.15, 0.2) is 51.7 Å². The van der Waals surface area contributed by atoms with Gasteiger partial charge in [-0.1, -0.05) is 18.2 Å². The van der Waals surface area contributed by atoms with Crippen molar-refractivity contribution < 1.29 is 0 Å². The van der Waals surface area contributed by atoms with E-state index in [0.29, 0.717) is 5.25 Å². The van der Waals surface area contributed by atoms with E-state index in [1.807, 2.05) is 23.2 Å². The lowest BCUT2D eigenvalue weighted by molar-refractivity contribution is 0.637. The van der Waals surface area contributed by atoms with Gasteiger partial charge in [-0.05, 0) is 29.5 Å². The summed E-state index contributed by atoms with van der Waals surface area (Å²) in [5.41, 5.74) is 2.28. The van der Waals surface area contributed by atoms with Gasteiger partial charge in [0.15, 0.2) is 0 Å². The van der Waals surface area contributed by atoms with Gasteiger partial charge in [0.1, 0.15) is 4.70 Å². The molecular formula is C15H12N2OS2. The van der Waals surface area contributed by atoms with Gasteiger partial charge in [0.25, 0.3) is 5.56 Å². The molecule has 5 heteroatoms. The first-order valence-corrected chi connectivity index (χ1v) is 8.24. The lowest BCUT2D eigenvalue weighted by Crippen LogP contribution is -2.24. The molecular weight excluding hydrogens is 288 g/mol. The fourth-order valence-electron chi connectivity index (χ4n) is 2.58. The van der Waals surface area contributed by atoms with Crippen LogP contribution < -0.4 is 5.56 Å². The number of benzene rings is 1. The summed E-state index contributed by atoms with van der Waals surface area (Å²) in [6.45, 7) is 0.721. The number of thioether (sulfide) groups is 1. The molecule has 2 aromatic heterocycles. The van der Waals surface area contributed by atoms with E-state index in [2.05, 4.69) is 29.2 Å². The van der Waals surface area contributed by atoms with Gasteiger partial charge in [-0.25, -0.2) is 4.98 Å². The molecule has 1 aromatic carbocycles. The smallest absolute Gasteiger partial charge is 0.271 e. The third-order valence-corrected chi connectivity index (χ3v) is 5.74. The standard InChI is InChI=1S/C15H12N2OS2/c18-15-14-12(5-6-19-14)16-9-17(15)8-11-7-10-3-1-2-4-13(10)20-11/h1-6,9,11H,7-8H2. The molecule has 1 aliphatic rings. The van der Waals surface area contributed by atoms with Crippen molar-refractivity contribution in [2.75, 3.05) is 0 Å². The third kappa shape index (κ3) is 1.98. The van der Waals surface area contributed by atoms with Gasteiger partial charge < -0.3 is 0 Å². The van der Waals surface area contributed by atoms with Gasteiger partial charge in [-0.2, -0.15) is 0 Å². The van der Waals surface area contributed by atoms with Crippen molar-refractivity contribution in [1.29, 1.82) is 0 Å². The molecule has 0 bridgehead atoms. The quantitative estimate of drug-likeness (QED) is 0.729. The summed E-state index contributed by atoms with van der Waals surface area (Å²) in [4.78, 5) is 18.1. The minimum Gasteiger partial charge on any atom is -0.297 e. The summed E-state index contributed by atoms with van der Waals surface area (Å²) in [5.74, 6) is 0. The van der Waals surface area contributed by atoms with Gasteiger partial charge in [0.05, 0.1) is 11.8 Å². The minimum absolute atomic E-state index is 0.0848. The predicted octanol–water partition coefficient (Wildman–Crippen LogP) is 3.18. The predicted molar refractivity (Wildman–Crippen MR) is 83.7 cm³/mol. The van der Waals surface area contributed by atoms with E-state index >= 15 is 0 Å². The van der Waals surface area contributed by atoms with Gasteiger partial charge in [-0.15, -0.1) is 23.1 Å². The molecule has 1 unspecified atom stereocenters. The zero-order valence-electron chi connectivity index (χ0n) is 10.7. The fourth-order valence-corrected chi connectivity index (χ4v) is 4.69. The molecule has 0 saturated carbocycles. The van der Waals surface area contributed by atoms with Gasteiger partial charge in [0.2, 0.25) is 0 Å². The van der Waals surface area contributed by atoms with Crippen LogP contribution in [0.5, 0.6) is 0 Å². The molecule has 3 heterocycles. The van der Waals surface area contributed by atoms with Crippen LogP contribution in [0.25, 0.3) is 10.2 Å². The SMILES string of the molecule is O=c1c2sccc2ncn1CC1Cc2ccccc2S1. The molecule has 100 valence electrons. The molecule has 0 N–H and O–H groups in total. The van der Waals surface area contributed by atoms with E-state index < -0.39 is 0 Å². The lowest BCUT2D eigenvalue weighted by atomic mass is 10.1. The second-order valence-corrected chi connectivity index (χ2v) is 7.15. The van der Waals surface area contributed by atoms with Crippen molar-refractivity contribution in [1.82, 2.24) is 9.55 Å². The monoisotopic (exact) mass is 300 g/mol. The zero-order chi connectivity index (χ0) is 13.5. The first-order valence-electron chi connectivity index (χ1n) is 6.48. The second kappa shape index (κ2) is 4.75. The van der Waals surface area contributed by atoms with Crippen LogP contribution in [-0.2, 0) is 13.0 Å². The average Bonchev–Trinajstić information content (AvgIpc) is 3.08. The number of rotatable bonds is 2. The van der Waals surface area contributed by atoms with E-state index in [4.69, 9.17) is 0 Å². The zero-order valence-corrected chi connectivity index (χ0v) is 12.3. The number of thiophene rings is 1. The molecule has 3 aromatic rings. The molecule has 1 aliphatic heterocycles. The summed E-state index contributed by atoms with van der Waals surface area (Å²) in [6.07, 6.45) is 2.71. The molecule has 0 aliphatic carbocycles. The Balaban J connectivity index is 1.63. The topological polar surface area (TPSA) is 34.9 Å². The minimum atomic E-state index is 0.0848. The lowest BCUT2D eigenvalue weighted by Gasteiger charge is -2.10. The van der Waals surface area contributed by atoms with E-state index in [-0.39, 0.29) is 5.56 Å². The Morgan fingerprint density at radius 2 is 2.20 bits per heavy atom. The van der Waals surface area contributed by atoms with Crippen LogP contribution in [0, 0.1) is 0 Å². The Kier molecular flexibility index (Phi) is 2.89. The largest absolute Gasteiger partial charge is 0.297 e. The van der Waals surface area contributed by atoms with Crippen molar-refractivity contribution in [3.8, 4) is 0 Å². The highest BCUT2D eigenvalue weighted by atomic mass is 32.2. The van der Waals surface area contributed by atoms with Gasteiger partial charge in [-0.3, -0.25) is 9.36 Å². The highest BCUT2D eigenvalue weighted by Crippen LogP contribution is 2.37. The Morgan fingerprint density at radius 3 is 3.10 bits per heavy atom. The van der Waals surface area contributed by atoms with Gasteiger partial charge >= 0.3 is 0 Å². The first kappa shape index (κ1) is 12.2. The summed E-state index contributed by atoms with van der Waals surface area (Å²) < 4.78 is 2.51. The fraction of sp³-hybridized carbons (Fsp3) is 0.200. The van der Waals surface area contributed by atoms with E-state index in [9.17, 15) is 4.79 Å². The van der Waals surface area contributed by atoms with Crippen LogP contribution in [0.3, 0.4) is 0 Å². The molecule has 4 rings (SSSR count).